The van der Waals surface area contributed by atoms with Gasteiger partial charge in [-0.2, -0.15) is 5.10 Å². The SMILES string of the molecule is O=C(c1ccn(C2CCCC2)n1)N1CCC(Oc2ccc(Cl)cc2)CC1. The van der Waals surface area contributed by atoms with Crippen LogP contribution in [0.2, 0.25) is 5.02 Å². The number of amides is 1. The van der Waals surface area contributed by atoms with E-state index in [1.807, 2.05) is 46.1 Å². The largest absolute Gasteiger partial charge is 0.490 e. The standard InChI is InChI=1S/C20H24ClN3O2/c21-15-5-7-17(8-6-15)26-18-9-12-23(13-10-18)20(25)19-11-14-24(22-19)16-3-1-2-4-16/h5-8,11,14,16,18H,1-4,9-10,12-13H2. The average molecular weight is 374 g/mol. The van der Waals surface area contributed by atoms with Gasteiger partial charge in [0.1, 0.15) is 17.5 Å². The van der Waals surface area contributed by atoms with Crippen LogP contribution in [0.3, 0.4) is 0 Å². The van der Waals surface area contributed by atoms with E-state index < -0.39 is 0 Å². The molecule has 6 heteroatoms. The van der Waals surface area contributed by atoms with Crippen LogP contribution in [0.5, 0.6) is 5.75 Å². The third kappa shape index (κ3) is 3.88. The van der Waals surface area contributed by atoms with Gasteiger partial charge < -0.3 is 9.64 Å². The van der Waals surface area contributed by atoms with Crippen molar-refractivity contribution in [2.75, 3.05) is 13.1 Å². The zero-order valence-electron chi connectivity index (χ0n) is 14.8. The zero-order valence-corrected chi connectivity index (χ0v) is 15.6. The fraction of sp³-hybridized carbons (Fsp3) is 0.500. The number of nitrogens with zero attached hydrogens (tertiary/aromatic N) is 3. The summed E-state index contributed by atoms with van der Waals surface area (Å²) in [7, 11) is 0. The molecule has 4 rings (SSSR count). The van der Waals surface area contributed by atoms with Crippen LogP contribution in [-0.2, 0) is 0 Å². The number of carbonyl (C=O) groups is 1. The van der Waals surface area contributed by atoms with Crippen molar-refractivity contribution in [1.82, 2.24) is 14.7 Å². The molecule has 1 aliphatic carbocycles. The number of carbonyl (C=O) groups excluding carboxylic acids is 1. The van der Waals surface area contributed by atoms with Crippen molar-refractivity contribution in [2.24, 2.45) is 0 Å². The van der Waals surface area contributed by atoms with Crippen LogP contribution in [-0.4, -0.2) is 39.8 Å². The summed E-state index contributed by atoms with van der Waals surface area (Å²) in [6.07, 6.45) is 8.61. The molecular weight excluding hydrogens is 350 g/mol. The van der Waals surface area contributed by atoms with Gasteiger partial charge in [0.2, 0.25) is 0 Å². The highest BCUT2D eigenvalue weighted by Gasteiger charge is 2.27. The predicted molar refractivity (Wildman–Crippen MR) is 101 cm³/mol. The van der Waals surface area contributed by atoms with Gasteiger partial charge in [0.15, 0.2) is 0 Å². The fourth-order valence-electron chi connectivity index (χ4n) is 3.87. The van der Waals surface area contributed by atoms with Gasteiger partial charge in [-0.05, 0) is 43.2 Å². The third-order valence-electron chi connectivity index (χ3n) is 5.37. The highest BCUT2D eigenvalue weighted by molar-refractivity contribution is 6.30. The smallest absolute Gasteiger partial charge is 0.274 e. The summed E-state index contributed by atoms with van der Waals surface area (Å²) in [6.45, 7) is 1.40. The maximum atomic E-state index is 12.7. The topological polar surface area (TPSA) is 47.4 Å². The Bertz CT molecular complexity index is 745. The molecule has 2 aromatic rings. The van der Waals surface area contributed by atoms with Crippen LogP contribution >= 0.6 is 11.6 Å². The minimum absolute atomic E-state index is 0.0340. The molecule has 5 nitrogen and oxygen atoms in total. The van der Waals surface area contributed by atoms with Crippen LogP contribution in [0.1, 0.15) is 55.1 Å². The van der Waals surface area contributed by atoms with E-state index >= 15 is 0 Å². The average Bonchev–Trinajstić information content (AvgIpc) is 3.35. The quantitative estimate of drug-likeness (QED) is 0.801. The summed E-state index contributed by atoms with van der Waals surface area (Å²) < 4.78 is 7.98. The molecule has 0 spiro atoms. The number of piperidine rings is 1. The summed E-state index contributed by atoms with van der Waals surface area (Å²) in [5.41, 5.74) is 0.564. The van der Waals surface area contributed by atoms with Gasteiger partial charge in [-0.15, -0.1) is 0 Å². The molecule has 26 heavy (non-hydrogen) atoms. The number of halogens is 1. The Kier molecular flexibility index (Phi) is 5.16. The monoisotopic (exact) mass is 373 g/mol. The van der Waals surface area contributed by atoms with Gasteiger partial charge in [-0.25, -0.2) is 0 Å². The zero-order chi connectivity index (χ0) is 17.9. The molecule has 0 unspecified atom stereocenters. The van der Waals surface area contributed by atoms with Crippen LogP contribution in [0.15, 0.2) is 36.5 Å². The molecule has 0 radical (unpaired) electrons. The fourth-order valence-corrected chi connectivity index (χ4v) is 3.99. The van der Waals surface area contributed by atoms with Gasteiger partial charge >= 0.3 is 0 Å². The minimum Gasteiger partial charge on any atom is -0.490 e. The predicted octanol–water partition coefficient (Wildman–Crippen LogP) is 4.34. The maximum Gasteiger partial charge on any atom is 0.274 e. The Morgan fingerprint density at radius 2 is 1.73 bits per heavy atom. The lowest BCUT2D eigenvalue weighted by atomic mass is 10.1. The summed E-state index contributed by atoms with van der Waals surface area (Å²) in [5, 5.41) is 5.25. The number of ether oxygens (including phenoxy) is 1. The molecule has 0 atom stereocenters. The molecule has 2 aliphatic rings. The minimum atomic E-state index is 0.0340. The second-order valence-corrected chi connectivity index (χ2v) is 7.62. The summed E-state index contributed by atoms with van der Waals surface area (Å²) >= 11 is 5.90. The van der Waals surface area contributed by atoms with E-state index in [-0.39, 0.29) is 12.0 Å². The van der Waals surface area contributed by atoms with Gasteiger partial charge in [0.25, 0.3) is 5.91 Å². The Balaban J connectivity index is 1.31. The number of hydrogen-bond donors (Lipinski definition) is 0. The van der Waals surface area contributed by atoms with Crippen molar-refractivity contribution in [1.29, 1.82) is 0 Å². The highest BCUT2D eigenvalue weighted by atomic mass is 35.5. The maximum absolute atomic E-state index is 12.7. The van der Waals surface area contributed by atoms with Gasteiger partial charge in [-0.1, -0.05) is 24.4 Å². The van der Waals surface area contributed by atoms with Crippen LogP contribution in [0.25, 0.3) is 0 Å². The van der Waals surface area contributed by atoms with Crippen LogP contribution in [0.4, 0.5) is 0 Å². The molecule has 1 amide bonds. The van der Waals surface area contributed by atoms with Crippen molar-refractivity contribution in [3.63, 3.8) is 0 Å². The molecule has 0 bridgehead atoms. The van der Waals surface area contributed by atoms with E-state index in [0.717, 1.165) is 18.6 Å². The molecule has 1 aromatic carbocycles. The molecule has 1 saturated heterocycles. The molecule has 1 saturated carbocycles. The summed E-state index contributed by atoms with van der Waals surface area (Å²) in [5.74, 6) is 0.862. The van der Waals surface area contributed by atoms with E-state index in [1.165, 1.54) is 25.7 Å². The molecule has 1 aromatic heterocycles. The van der Waals surface area contributed by atoms with Crippen molar-refractivity contribution in [3.8, 4) is 5.75 Å². The number of likely N-dealkylation sites (tertiary alicyclic amines) is 1. The Morgan fingerprint density at radius 3 is 2.42 bits per heavy atom. The highest BCUT2D eigenvalue weighted by Crippen LogP contribution is 2.29. The number of benzene rings is 1. The molecule has 138 valence electrons. The van der Waals surface area contributed by atoms with E-state index in [0.29, 0.717) is 29.8 Å². The van der Waals surface area contributed by atoms with E-state index in [4.69, 9.17) is 16.3 Å². The number of rotatable bonds is 4. The Labute approximate surface area is 158 Å². The first kappa shape index (κ1) is 17.4. The summed E-state index contributed by atoms with van der Waals surface area (Å²) in [4.78, 5) is 14.6. The lowest BCUT2D eigenvalue weighted by Crippen LogP contribution is -2.42. The van der Waals surface area contributed by atoms with Gasteiger partial charge in [0.05, 0.1) is 6.04 Å². The van der Waals surface area contributed by atoms with Crippen LogP contribution < -0.4 is 4.74 Å². The number of aromatic nitrogens is 2. The first-order valence-electron chi connectivity index (χ1n) is 9.46. The van der Waals surface area contributed by atoms with Crippen LogP contribution in [0, 0.1) is 0 Å². The van der Waals surface area contributed by atoms with E-state index in [1.54, 1.807) is 0 Å². The first-order valence-corrected chi connectivity index (χ1v) is 9.83. The Morgan fingerprint density at radius 1 is 1.04 bits per heavy atom. The van der Waals surface area contributed by atoms with E-state index in [2.05, 4.69) is 5.10 Å². The third-order valence-corrected chi connectivity index (χ3v) is 5.62. The second-order valence-electron chi connectivity index (χ2n) is 7.18. The number of hydrogen-bond acceptors (Lipinski definition) is 3. The molecular formula is C20H24ClN3O2. The van der Waals surface area contributed by atoms with Crippen molar-refractivity contribution in [3.05, 3.63) is 47.2 Å². The van der Waals surface area contributed by atoms with Gasteiger partial charge in [0, 0.05) is 37.2 Å². The molecule has 2 fully saturated rings. The normalized spacial score (nSPS) is 19.0. The summed E-state index contributed by atoms with van der Waals surface area (Å²) in [6, 6.07) is 9.75. The van der Waals surface area contributed by atoms with E-state index in [9.17, 15) is 4.79 Å². The van der Waals surface area contributed by atoms with Gasteiger partial charge in [-0.3, -0.25) is 9.48 Å². The van der Waals surface area contributed by atoms with Crippen molar-refractivity contribution < 1.29 is 9.53 Å². The molecule has 0 N–H and O–H groups in total. The lowest BCUT2D eigenvalue weighted by Gasteiger charge is -2.31. The second kappa shape index (κ2) is 7.70. The Hall–Kier alpha value is -2.01. The lowest BCUT2D eigenvalue weighted by molar-refractivity contribution is 0.0589. The first-order chi connectivity index (χ1) is 12.7. The molecule has 2 heterocycles. The molecule has 1 aliphatic heterocycles. The van der Waals surface area contributed by atoms with Crippen molar-refractivity contribution in [2.45, 2.75) is 50.7 Å². The van der Waals surface area contributed by atoms with Crippen molar-refractivity contribution >= 4 is 17.5 Å².